The molecule has 1 aromatic rings. The average Bonchev–Trinajstić information content (AvgIpc) is 2.33. The molecule has 0 fully saturated rings. The molecule has 7 nitrogen and oxygen atoms in total. The lowest BCUT2D eigenvalue weighted by Gasteiger charge is -2.09. The first-order valence-corrected chi connectivity index (χ1v) is 5.40. The van der Waals surface area contributed by atoms with Crippen LogP contribution in [0.4, 0.5) is 0 Å². The number of aliphatic carboxylic acids is 1. The molecule has 1 rings (SSSR count). The number of hydrogen-bond donors (Lipinski definition) is 2. The quantitative estimate of drug-likeness (QED) is 0.740. The summed E-state index contributed by atoms with van der Waals surface area (Å²) in [5.41, 5.74) is 0.736. The smallest absolute Gasteiger partial charge is 0.308 e. The maximum absolute atomic E-state index is 11.4. The van der Waals surface area contributed by atoms with Crippen LogP contribution in [0, 0.1) is 12.8 Å². The molecule has 98 valence electrons. The molecule has 0 aromatic carbocycles. The zero-order chi connectivity index (χ0) is 13.5. The number of carbonyl (C=O) groups excluding carboxylic acids is 1. The fourth-order valence-electron chi connectivity index (χ4n) is 1.05. The summed E-state index contributed by atoms with van der Waals surface area (Å²) in [6, 6.07) is 1.60. The van der Waals surface area contributed by atoms with Gasteiger partial charge in [-0.1, -0.05) is 6.92 Å². The molecule has 0 saturated carbocycles. The zero-order valence-electron chi connectivity index (χ0n) is 10.2. The van der Waals surface area contributed by atoms with Crippen LogP contribution >= 0.6 is 0 Å². The first-order chi connectivity index (χ1) is 8.49. The van der Waals surface area contributed by atoms with Gasteiger partial charge in [-0.3, -0.25) is 9.59 Å². The van der Waals surface area contributed by atoms with Crippen LogP contribution in [-0.4, -0.2) is 40.1 Å². The molecule has 1 amide bonds. The molecule has 2 N–H and O–H groups in total. The second-order valence-electron chi connectivity index (χ2n) is 3.83. The van der Waals surface area contributed by atoms with E-state index in [4.69, 9.17) is 9.84 Å². The summed E-state index contributed by atoms with van der Waals surface area (Å²) in [5.74, 6) is -1.67. The molecule has 1 heterocycles. The molecule has 1 aromatic heterocycles. The number of nitrogens with zero attached hydrogens (tertiary/aromatic N) is 2. The minimum absolute atomic E-state index is 0.0698. The molecule has 7 heteroatoms. The predicted molar refractivity (Wildman–Crippen MR) is 62.1 cm³/mol. The number of nitrogens with one attached hydrogen (secondary N) is 1. The summed E-state index contributed by atoms with van der Waals surface area (Å²) < 4.78 is 5.13. The second kappa shape index (κ2) is 6.53. The molecule has 1 unspecified atom stereocenters. The number of carboxylic acid groups (broad SMARTS) is 1. The van der Waals surface area contributed by atoms with Crippen LogP contribution < -0.4 is 10.1 Å². The standard InChI is InChI=1S/C11H15N3O4/c1-7(11(16)17)4-12-9(15)5-18-10-3-8(2)13-6-14-10/h3,6-7H,4-5H2,1-2H3,(H,12,15)(H,16,17). The number of ether oxygens (including phenoxy) is 1. The van der Waals surface area contributed by atoms with Crippen molar-refractivity contribution in [2.24, 2.45) is 5.92 Å². The van der Waals surface area contributed by atoms with Crippen molar-refractivity contribution >= 4 is 11.9 Å². The van der Waals surface area contributed by atoms with E-state index in [1.54, 1.807) is 13.0 Å². The van der Waals surface area contributed by atoms with Crippen molar-refractivity contribution in [1.29, 1.82) is 0 Å². The van der Waals surface area contributed by atoms with Gasteiger partial charge in [0.2, 0.25) is 5.88 Å². The molecular formula is C11H15N3O4. The normalized spacial score (nSPS) is 11.7. The lowest BCUT2D eigenvalue weighted by atomic mass is 10.2. The van der Waals surface area contributed by atoms with Crippen molar-refractivity contribution < 1.29 is 19.4 Å². The van der Waals surface area contributed by atoms with Gasteiger partial charge in [-0.25, -0.2) is 9.97 Å². The third kappa shape index (κ3) is 4.77. The Morgan fingerprint density at radius 2 is 2.22 bits per heavy atom. The third-order valence-electron chi connectivity index (χ3n) is 2.16. The van der Waals surface area contributed by atoms with Gasteiger partial charge in [0.15, 0.2) is 6.61 Å². The number of carbonyl (C=O) groups is 2. The van der Waals surface area contributed by atoms with E-state index in [1.807, 2.05) is 0 Å². The highest BCUT2D eigenvalue weighted by Crippen LogP contribution is 2.04. The molecule has 0 saturated heterocycles. The number of hydrogen-bond acceptors (Lipinski definition) is 5. The number of carboxylic acids is 1. The molecule has 0 spiro atoms. The first kappa shape index (κ1) is 13.9. The largest absolute Gasteiger partial charge is 0.481 e. The Bertz CT molecular complexity index is 436. The van der Waals surface area contributed by atoms with Crippen LogP contribution in [0.3, 0.4) is 0 Å². The zero-order valence-corrected chi connectivity index (χ0v) is 10.2. The van der Waals surface area contributed by atoms with E-state index in [0.717, 1.165) is 5.69 Å². The Labute approximate surface area is 104 Å². The van der Waals surface area contributed by atoms with Crippen LogP contribution in [0.1, 0.15) is 12.6 Å². The first-order valence-electron chi connectivity index (χ1n) is 5.40. The van der Waals surface area contributed by atoms with Crippen molar-refractivity contribution in [2.75, 3.05) is 13.2 Å². The van der Waals surface area contributed by atoms with E-state index in [0.29, 0.717) is 5.88 Å². The van der Waals surface area contributed by atoms with Crippen LogP contribution in [0.25, 0.3) is 0 Å². The van der Waals surface area contributed by atoms with Gasteiger partial charge < -0.3 is 15.2 Å². The minimum Gasteiger partial charge on any atom is -0.481 e. The molecule has 0 aliphatic rings. The number of amides is 1. The van der Waals surface area contributed by atoms with Crippen molar-refractivity contribution in [3.63, 3.8) is 0 Å². The van der Waals surface area contributed by atoms with Gasteiger partial charge in [0.05, 0.1) is 5.92 Å². The van der Waals surface area contributed by atoms with Gasteiger partial charge in [-0.15, -0.1) is 0 Å². The van der Waals surface area contributed by atoms with Crippen molar-refractivity contribution in [3.8, 4) is 5.88 Å². The lowest BCUT2D eigenvalue weighted by Crippen LogP contribution is -2.34. The Morgan fingerprint density at radius 3 is 2.83 bits per heavy atom. The van der Waals surface area contributed by atoms with E-state index in [2.05, 4.69) is 15.3 Å². The molecule has 0 aliphatic carbocycles. The molecule has 0 radical (unpaired) electrons. The fourth-order valence-corrected chi connectivity index (χ4v) is 1.05. The highest BCUT2D eigenvalue weighted by Gasteiger charge is 2.12. The van der Waals surface area contributed by atoms with Gasteiger partial charge >= 0.3 is 5.97 Å². The van der Waals surface area contributed by atoms with Crippen LogP contribution in [0.5, 0.6) is 5.88 Å². The lowest BCUT2D eigenvalue weighted by molar-refractivity contribution is -0.141. The third-order valence-corrected chi connectivity index (χ3v) is 2.16. The maximum Gasteiger partial charge on any atom is 0.308 e. The Balaban J connectivity index is 2.31. The summed E-state index contributed by atoms with van der Waals surface area (Å²) in [7, 11) is 0. The van der Waals surface area contributed by atoms with Gasteiger partial charge in [-0.2, -0.15) is 0 Å². The van der Waals surface area contributed by atoms with Gasteiger partial charge in [0, 0.05) is 18.3 Å². The summed E-state index contributed by atoms with van der Waals surface area (Å²) in [4.78, 5) is 29.6. The fraction of sp³-hybridized carbons (Fsp3) is 0.455. The van der Waals surface area contributed by atoms with Crippen molar-refractivity contribution in [3.05, 3.63) is 18.1 Å². The Morgan fingerprint density at radius 1 is 1.50 bits per heavy atom. The highest BCUT2D eigenvalue weighted by atomic mass is 16.5. The van der Waals surface area contributed by atoms with E-state index in [1.165, 1.54) is 13.3 Å². The van der Waals surface area contributed by atoms with E-state index < -0.39 is 11.9 Å². The van der Waals surface area contributed by atoms with Crippen LogP contribution in [-0.2, 0) is 9.59 Å². The van der Waals surface area contributed by atoms with Crippen LogP contribution in [0.15, 0.2) is 12.4 Å². The van der Waals surface area contributed by atoms with E-state index in [9.17, 15) is 9.59 Å². The average molecular weight is 253 g/mol. The number of rotatable bonds is 6. The molecule has 18 heavy (non-hydrogen) atoms. The topological polar surface area (TPSA) is 101 Å². The molecular weight excluding hydrogens is 238 g/mol. The maximum atomic E-state index is 11.4. The summed E-state index contributed by atoms with van der Waals surface area (Å²) in [6.07, 6.45) is 1.34. The summed E-state index contributed by atoms with van der Waals surface area (Å²) >= 11 is 0. The van der Waals surface area contributed by atoms with E-state index >= 15 is 0 Å². The van der Waals surface area contributed by atoms with Gasteiger partial charge in [0.1, 0.15) is 6.33 Å². The van der Waals surface area contributed by atoms with E-state index in [-0.39, 0.29) is 19.1 Å². The summed E-state index contributed by atoms with van der Waals surface area (Å²) in [5, 5.41) is 11.1. The monoisotopic (exact) mass is 253 g/mol. The number of aryl methyl sites for hydroxylation is 1. The highest BCUT2D eigenvalue weighted by molar-refractivity contribution is 5.78. The van der Waals surface area contributed by atoms with Gasteiger partial charge in [0.25, 0.3) is 5.91 Å². The van der Waals surface area contributed by atoms with Crippen molar-refractivity contribution in [2.45, 2.75) is 13.8 Å². The molecule has 0 aliphatic heterocycles. The Hall–Kier alpha value is -2.18. The summed E-state index contributed by atoms with van der Waals surface area (Å²) in [6.45, 7) is 3.16. The number of aromatic nitrogens is 2. The minimum atomic E-state index is -0.956. The predicted octanol–water partition coefficient (Wildman–Crippen LogP) is 0.000720. The molecule has 1 atom stereocenters. The second-order valence-corrected chi connectivity index (χ2v) is 3.83. The molecule has 0 bridgehead atoms. The van der Waals surface area contributed by atoms with Crippen molar-refractivity contribution in [1.82, 2.24) is 15.3 Å². The Kier molecular flexibility index (Phi) is 5.04. The SMILES string of the molecule is Cc1cc(OCC(=O)NCC(C)C(=O)O)ncn1. The van der Waals surface area contributed by atoms with Crippen LogP contribution in [0.2, 0.25) is 0 Å². The van der Waals surface area contributed by atoms with Gasteiger partial charge in [-0.05, 0) is 6.92 Å².